The highest BCUT2D eigenvalue weighted by molar-refractivity contribution is 7.99. The standard InChI is InChI=1S/C11H16N4OS/c1-8-7-17-5-4-15(8)11(16)9-2-3-13-10(6-9)14-12/h2-3,6,8H,4-5,7,12H2,1H3,(H,13,14). The van der Waals surface area contributed by atoms with Gasteiger partial charge in [0.1, 0.15) is 5.82 Å². The van der Waals surface area contributed by atoms with Crippen LogP contribution in [0.15, 0.2) is 18.3 Å². The second-order valence-electron chi connectivity index (χ2n) is 4.00. The van der Waals surface area contributed by atoms with E-state index in [2.05, 4.69) is 17.3 Å². The molecule has 0 aliphatic carbocycles. The molecular formula is C11H16N4OS. The van der Waals surface area contributed by atoms with Gasteiger partial charge in [-0.1, -0.05) is 0 Å². The van der Waals surface area contributed by atoms with E-state index in [1.807, 2.05) is 16.7 Å². The maximum atomic E-state index is 12.3. The lowest BCUT2D eigenvalue weighted by Crippen LogP contribution is -2.44. The van der Waals surface area contributed by atoms with E-state index in [4.69, 9.17) is 5.84 Å². The van der Waals surface area contributed by atoms with E-state index in [1.165, 1.54) is 0 Å². The maximum absolute atomic E-state index is 12.3. The van der Waals surface area contributed by atoms with Crippen molar-refractivity contribution in [1.29, 1.82) is 0 Å². The largest absolute Gasteiger partial charge is 0.334 e. The molecule has 2 heterocycles. The van der Waals surface area contributed by atoms with Crippen molar-refractivity contribution in [3.05, 3.63) is 23.9 Å². The minimum absolute atomic E-state index is 0.0525. The van der Waals surface area contributed by atoms with Crippen LogP contribution >= 0.6 is 11.8 Å². The molecule has 0 saturated carbocycles. The summed E-state index contributed by atoms with van der Waals surface area (Å²) in [6.07, 6.45) is 1.59. The van der Waals surface area contributed by atoms with Crippen LogP contribution in [0.3, 0.4) is 0 Å². The molecule has 1 aromatic rings. The molecule has 1 atom stereocenters. The highest BCUT2D eigenvalue weighted by atomic mass is 32.2. The summed E-state index contributed by atoms with van der Waals surface area (Å²) in [7, 11) is 0. The number of hydrogen-bond donors (Lipinski definition) is 2. The summed E-state index contributed by atoms with van der Waals surface area (Å²) < 4.78 is 0. The molecule has 0 bridgehead atoms. The number of thioether (sulfide) groups is 1. The fourth-order valence-corrected chi connectivity index (χ4v) is 2.85. The zero-order chi connectivity index (χ0) is 12.3. The van der Waals surface area contributed by atoms with Crippen molar-refractivity contribution in [3.63, 3.8) is 0 Å². The van der Waals surface area contributed by atoms with Gasteiger partial charge in [0.2, 0.25) is 0 Å². The van der Waals surface area contributed by atoms with Crippen LogP contribution in [0.1, 0.15) is 17.3 Å². The van der Waals surface area contributed by atoms with Gasteiger partial charge < -0.3 is 10.3 Å². The van der Waals surface area contributed by atoms with Crippen molar-refractivity contribution in [1.82, 2.24) is 9.88 Å². The first-order valence-corrected chi connectivity index (χ1v) is 6.69. The quantitative estimate of drug-likeness (QED) is 0.605. The Morgan fingerprint density at radius 2 is 2.53 bits per heavy atom. The Labute approximate surface area is 105 Å². The second kappa shape index (κ2) is 5.37. The first-order chi connectivity index (χ1) is 8.22. The number of pyridine rings is 1. The zero-order valence-corrected chi connectivity index (χ0v) is 10.5. The minimum atomic E-state index is 0.0525. The van der Waals surface area contributed by atoms with Gasteiger partial charge in [-0.2, -0.15) is 11.8 Å². The van der Waals surface area contributed by atoms with Crippen molar-refractivity contribution >= 4 is 23.5 Å². The molecule has 3 N–H and O–H groups in total. The summed E-state index contributed by atoms with van der Waals surface area (Å²) in [6, 6.07) is 3.68. The van der Waals surface area contributed by atoms with Gasteiger partial charge in [-0.25, -0.2) is 10.8 Å². The summed E-state index contributed by atoms with van der Waals surface area (Å²) in [5, 5.41) is 0. The minimum Gasteiger partial charge on any atom is -0.334 e. The lowest BCUT2D eigenvalue weighted by molar-refractivity contribution is 0.0716. The molecule has 1 aromatic heterocycles. The van der Waals surface area contributed by atoms with Crippen LogP contribution in [-0.2, 0) is 0 Å². The van der Waals surface area contributed by atoms with Crippen LogP contribution in [0.5, 0.6) is 0 Å². The van der Waals surface area contributed by atoms with Crippen LogP contribution in [0.4, 0.5) is 5.82 Å². The Morgan fingerprint density at radius 1 is 1.71 bits per heavy atom. The van der Waals surface area contributed by atoms with Gasteiger partial charge >= 0.3 is 0 Å². The number of amides is 1. The molecule has 5 nitrogen and oxygen atoms in total. The molecule has 1 saturated heterocycles. The molecule has 17 heavy (non-hydrogen) atoms. The molecule has 92 valence electrons. The van der Waals surface area contributed by atoms with Crippen molar-refractivity contribution in [2.75, 3.05) is 23.5 Å². The average molecular weight is 252 g/mol. The summed E-state index contributed by atoms with van der Waals surface area (Å²) in [6.45, 7) is 2.88. The number of anilines is 1. The summed E-state index contributed by atoms with van der Waals surface area (Å²) in [5.41, 5.74) is 3.08. The SMILES string of the molecule is CC1CSCCN1C(=O)c1ccnc(NN)c1. The Bertz CT molecular complexity index is 412. The summed E-state index contributed by atoms with van der Waals surface area (Å²) in [5.74, 6) is 7.85. The number of hydrogen-bond acceptors (Lipinski definition) is 5. The van der Waals surface area contributed by atoms with Crippen LogP contribution in [0.25, 0.3) is 0 Å². The fourth-order valence-electron chi connectivity index (χ4n) is 1.84. The Kier molecular flexibility index (Phi) is 3.86. The summed E-state index contributed by atoms with van der Waals surface area (Å²) in [4.78, 5) is 18.2. The van der Waals surface area contributed by atoms with Crippen LogP contribution in [-0.4, -0.2) is 39.9 Å². The van der Waals surface area contributed by atoms with Crippen molar-refractivity contribution in [2.24, 2.45) is 5.84 Å². The molecule has 0 spiro atoms. The Balaban J connectivity index is 2.17. The third-order valence-corrected chi connectivity index (χ3v) is 3.97. The van der Waals surface area contributed by atoms with Crippen molar-refractivity contribution < 1.29 is 4.79 Å². The van der Waals surface area contributed by atoms with E-state index in [0.29, 0.717) is 11.4 Å². The molecule has 1 unspecified atom stereocenters. The molecule has 6 heteroatoms. The van der Waals surface area contributed by atoms with Gasteiger partial charge in [0.15, 0.2) is 0 Å². The third-order valence-electron chi connectivity index (χ3n) is 2.78. The smallest absolute Gasteiger partial charge is 0.254 e. The van der Waals surface area contributed by atoms with E-state index < -0.39 is 0 Å². The zero-order valence-electron chi connectivity index (χ0n) is 9.72. The number of nitrogens with zero attached hydrogens (tertiary/aromatic N) is 2. The number of hydrazine groups is 1. The monoisotopic (exact) mass is 252 g/mol. The molecular weight excluding hydrogens is 236 g/mol. The highest BCUT2D eigenvalue weighted by Gasteiger charge is 2.24. The number of nitrogens with two attached hydrogens (primary N) is 1. The molecule has 1 amide bonds. The molecule has 0 aromatic carbocycles. The average Bonchev–Trinajstić information content (AvgIpc) is 2.38. The van der Waals surface area contributed by atoms with Crippen LogP contribution in [0, 0.1) is 0 Å². The highest BCUT2D eigenvalue weighted by Crippen LogP contribution is 2.19. The first-order valence-electron chi connectivity index (χ1n) is 5.53. The van der Waals surface area contributed by atoms with Crippen molar-refractivity contribution in [3.8, 4) is 0 Å². The normalized spacial score (nSPS) is 20.1. The van der Waals surface area contributed by atoms with E-state index in [0.717, 1.165) is 18.1 Å². The number of carbonyl (C=O) groups is 1. The van der Waals surface area contributed by atoms with Gasteiger partial charge in [-0.05, 0) is 19.1 Å². The number of carbonyl (C=O) groups excluding carboxylic acids is 1. The third kappa shape index (κ3) is 2.70. The molecule has 1 aliphatic heterocycles. The molecule has 1 fully saturated rings. The van der Waals surface area contributed by atoms with Crippen molar-refractivity contribution in [2.45, 2.75) is 13.0 Å². The van der Waals surface area contributed by atoms with E-state index in [-0.39, 0.29) is 11.9 Å². The topological polar surface area (TPSA) is 71.2 Å². The lowest BCUT2D eigenvalue weighted by Gasteiger charge is -2.33. The predicted molar refractivity (Wildman–Crippen MR) is 69.9 cm³/mol. The number of nitrogens with one attached hydrogen (secondary N) is 1. The van der Waals surface area contributed by atoms with E-state index in [1.54, 1.807) is 18.3 Å². The molecule has 1 aliphatic rings. The number of aromatic nitrogens is 1. The number of nitrogen functional groups attached to an aromatic ring is 1. The molecule has 2 rings (SSSR count). The summed E-state index contributed by atoms with van der Waals surface area (Å²) >= 11 is 1.89. The predicted octanol–water partition coefficient (Wildman–Crippen LogP) is 0.945. The van der Waals surface area contributed by atoms with Crippen LogP contribution in [0.2, 0.25) is 0 Å². The van der Waals surface area contributed by atoms with Gasteiger partial charge in [0, 0.05) is 35.9 Å². The van der Waals surface area contributed by atoms with E-state index >= 15 is 0 Å². The Morgan fingerprint density at radius 3 is 3.24 bits per heavy atom. The van der Waals surface area contributed by atoms with E-state index in [9.17, 15) is 4.79 Å². The van der Waals surface area contributed by atoms with Gasteiger partial charge in [0.05, 0.1) is 0 Å². The van der Waals surface area contributed by atoms with Gasteiger partial charge in [0.25, 0.3) is 5.91 Å². The van der Waals surface area contributed by atoms with Gasteiger partial charge in [-0.3, -0.25) is 4.79 Å². The van der Waals surface area contributed by atoms with Gasteiger partial charge in [-0.15, -0.1) is 0 Å². The number of rotatable bonds is 2. The Hall–Kier alpha value is -1.27. The molecule has 0 radical (unpaired) electrons. The first kappa shape index (κ1) is 12.2. The van der Waals surface area contributed by atoms with Crippen LogP contribution < -0.4 is 11.3 Å². The maximum Gasteiger partial charge on any atom is 0.254 e. The fraction of sp³-hybridized carbons (Fsp3) is 0.455. The second-order valence-corrected chi connectivity index (χ2v) is 5.15. The lowest BCUT2D eigenvalue weighted by atomic mass is 10.2.